The first-order valence-corrected chi connectivity index (χ1v) is 12.6. The average Bonchev–Trinajstić information content (AvgIpc) is 3.58. The molecule has 11 heteroatoms. The summed E-state index contributed by atoms with van der Waals surface area (Å²) in [5.74, 6) is 1.24. The van der Waals surface area contributed by atoms with Gasteiger partial charge in [0.1, 0.15) is 23.3 Å². The van der Waals surface area contributed by atoms with Crippen molar-refractivity contribution >= 4 is 40.3 Å². The number of nitro groups is 1. The fourth-order valence-corrected chi connectivity index (χ4v) is 4.94. The minimum Gasteiger partial charge on any atom is -0.494 e. The van der Waals surface area contributed by atoms with Crippen LogP contribution in [-0.2, 0) is 4.79 Å². The number of para-hydroxylation sites is 1. The second-order valence-electron chi connectivity index (χ2n) is 8.76. The standard InChI is InChI=1S/C28H25N5O5S/c1-3-25(34)30-19-12-11-17(16-24(19)37-2)32-27(26(31-28(32)39)20-9-6-7-15-29-20)23-14-13-22(38-23)18-8-4-5-10-21(18)33(35)36/h4-16,26-27H,3H2,1-2H3,(H,30,34)(H,31,39)/t26-,27-/m1/s1. The molecular formula is C28H25N5O5S. The number of methoxy groups -OCH3 is 1. The van der Waals surface area contributed by atoms with Crippen molar-refractivity contribution in [1.82, 2.24) is 10.3 Å². The molecule has 0 spiro atoms. The lowest BCUT2D eigenvalue weighted by Gasteiger charge is -2.27. The monoisotopic (exact) mass is 543 g/mol. The largest absolute Gasteiger partial charge is 0.494 e. The number of nitrogens with one attached hydrogen (secondary N) is 2. The summed E-state index contributed by atoms with van der Waals surface area (Å²) in [4.78, 5) is 29.6. The van der Waals surface area contributed by atoms with E-state index in [2.05, 4.69) is 15.6 Å². The number of nitro benzene ring substituents is 1. The van der Waals surface area contributed by atoms with Crippen molar-refractivity contribution in [3.8, 4) is 17.1 Å². The Kier molecular flexibility index (Phi) is 7.24. The van der Waals surface area contributed by atoms with Gasteiger partial charge in [0.2, 0.25) is 5.91 Å². The van der Waals surface area contributed by atoms with Crippen molar-refractivity contribution in [2.75, 3.05) is 17.3 Å². The van der Waals surface area contributed by atoms with Gasteiger partial charge >= 0.3 is 0 Å². The first-order valence-electron chi connectivity index (χ1n) is 12.2. The Labute approximate surface area is 229 Å². The lowest BCUT2D eigenvalue weighted by Crippen LogP contribution is -2.29. The molecule has 3 heterocycles. The Morgan fingerprint density at radius 2 is 1.97 bits per heavy atom. The fourth-order valence-electron chi connectivity index (χ4n) is 4.59. The van der Waals surface area contributed by atoms with Crippen LogP contribution >= 0.6 is 12.2 Å². The number of carbonyl (C=O) groups excluding carboxylic acids is 1. The maximum atomic E-state index is 12.0. The zero-order valence-corrected chi connectivity index (χ0v) is 22.0. The highest BCUT2D eigenvalue weighted by Gasteiger charge is 2.43. The van der Waals surface area contributed by atoms with Gasteiger partial charge in [-0.1, -0.05) is 25.1 Å². The summed E-state index contributed by atoms with van der Waals surface area (Å²) in [5, 5.41) is 18.3. The molecule has 0 aliphatic carbocycles. The molecular weight excluding hydrogens is 518 g/mol. The van der Waals surface area contributed by atoms with Gasteiger partial charge in [-0.05, 0) is 54.7 Å². The molecule has 2 atom stereocenters. The van der Waals surface area contributed by atoms with Crippen LogP contribution in [-0.4, -0.2) is 28.0 Å². The van der Waals surface area contributed by atoms with Gasteiger partial charge in [0.25, 0.3) is 5.69 Å². The second-order valence-corrected chi connectivity index (χ2v) is 9.15. The maximum absolute atomic E-state index is 12.0. The number of furan rings is 1. The van der Waals surface area contributed by atoms with Crippen LogP contribution in [0.1, 0.15) is 36.9 Å². The second kappa shape index (κ2) is 10.9. The first kappa shape index (κ1) is 25.9. The number of pyridine rings is 1. The molecule has 1 aliphatic heterocycles. The molecule has 198 valence electrons. The van der Waals surface area contributed by atoms with Gasteiger partial charge in [-0.3, -0.25) is 19.9 Å². The van der Waals surface area contributed by atoms with E-state index in [1.807, 2.05) is 29.2 Å². The van der Waals surface area contributed by atoms with Crippen LogP contribution in [0.25, 0.3) is 11.3 Å². The van der Waals surface area contributed by atoms with Crippen LogP contribution in [0.3, 0.4) is 0 Å². The van der Waals surface area contributed by atoms with Crippen molar-refractivity contribution in [2.45, 2.75) is 25.4 Å². The summed E-state index contributed by atoms with van der Waals surface area (Å²) in [6.07, 6.45) is 2.04. The molecule has 0 saturated carbocycles. The summed E-state index contributed by atoms with van der Waals surface area (Å²) >= 11 is 5.78. The molecule has 1 saturated heterocycles. The minimum absolute atomic E-state index is 0.0500. The van der Waals surface area contributed by atoms with Crippen LogP contribution in [0.4, 0.5) is 17.1 Å². The smallest absolute Gasteiger partial charge is 0.280 e. The molecule has 0 bridgehead atoms. The van der Waals surface area contributed by atoms with E-state index >= 15 is 0 Å². The number of thiocarbonyl (C=S) groups is 1. The zero-order chi connectivity index (χ0) is 27.5. The third-order valence-corrected chi connectivity index (χ3v) is 6.76. The molecule has 0 radical (unpaired) electrons. The van der Waals surface area contributed by atoms with E-state index in [4.69, 9.17) is 21.4 Å². The molecule has 2 N–H and O–H groups in total. The third-order valence-electron chi connectivity index (χ3n) is 6.44. The van der Waals surface area contributed by atoms with E-state index in [-0.39, 0.29) is 17.6 Å². The van der Waals surface area contributed by atoms with E-state index in [1.54, 1.807) is 55.6 Å². The number of amides is 1. The lowest BCUT2D eigenvalue weighted by molar-refractivity contribution is -0.384. The molecule has 1 amide bonds. The number of ether oxygens (including phenoxy) is 1. The predicted octanol–water partition coefficient (Wildman–Crippen LogP) is 5.78. The topological polar surface area (TPSA) is 123 Å². The average molecular weight is 544 g/mol. The van der Waals surface area contributed by atoms with Crippen molar-refractivity contribution in [1.29, 1.82) is 0 Å². The zero-order valence-electron chi connectivity index (χ0n) is 21.2. The number of nitrogens with zero attached hydrogens (tertiary/aromatic N) is 3. The summed E-state index contributed by atoms with van der Waals surface area (Å²) in [7, 11) is 1.53. The molecule has 5 rings (SSSR count). The molecule has 1 fully saturated rings. The Hall–Kier alpha value is -4.77. The summed E-state index contributed by atoms with van der Waals surface area (Å²) < 4.78 is 11.9. The molecule has 0 unspecified atom stereocenters. The first-order chi connectivity index (χ1) is 18.9. The molecule has 1 aliphatic rings. The number of aromatic nitrogens is 1. The normalized spacial score (nSPS) is 16.6. The van der Waals surface area contributed by atoms with Crippen LogP contribution in [0.2, 0.25) is 0 Å². The highest BCUT2D eigenvalue weighted by molar-refractivity contribution is 7.80. The number of hydrogen-bond donors (Lipinski definition) is 2. The van der Waals surface area contributed by atoms with Crippen molar-refractivity contribution in [3.63, 3.8) is 0 Å². The lowest BCUT2D eigenvalue weighted by atomic mass is 10.0. The van der Waals surface area contributed by atoms with Gasteiger partial charge in [-0.2, -0.15) is 0 Å². The molecule has 4 aromatic rings. The van der Waals surface area contributed by atoms with E-state index < -0.39 is 11.0 Å². The molecule has 39 heavy (non-hydrogen) atoms. The van der Waals surface area contributed by atoms with Crippen molar-refractivity contribution in [3.05, 3.63) is 101 Å². The van der Waals surface area contributed by atoms with Gasteiger partial charge in [-0.25, -0.2) is 0 Å². The number of benzene rings is 2. The summed E-state index contributed by atoms with van der Waals surface area (Å²) in [5.41, 5.74) is 2.31. The van der Waals surface area contributed by atoms with Crippen molar-refractivity contribution in [2.24, 2.45) is 0 Å². The number of rotatable bonds is 8. The van der Waals surface area contributed by atoms with Gasteiger partial charge in [0.15, 0.2) is 5.11 Å². The molecule has 2 aromatic carbocycles. The van der Waals surface area contributed by atoms with Gasteiger partial charge in [-0.15, -0.1) is 0 Å². The Morgan fingerprint density at radius 3 is 2.69 bits per heavy atom. The number of hydrogen-bond acceptors (Lipinski definition) is 7. The summed E-state index contributed by atoms with van der Waals surface area (Å²) in [6, 6.07) is 20.1. The van der Waals surface area contributed by atoms with Gasteiger partial charge in [0.05, 0.1) is 35.0 Å². The Bertz CT molecular complexity index is 1540. The highest BCUT2D eigenvalue weighted by atomic mass is 32.1. The fraction of sp³-hybridized carbons (Fsp3) is 0.179. The van der Waals surface area contributed by atoms with E-state index in [1.165, 1.54) is 13.2 Å². The van der Waals surface area contributed by atoms with E-state index in [0.717, 1.165) is 5.69 Å². The van der Waals surface area contributed by atoms with Crippen LogP contribution in [0, 0.1) is 10.1 Å². The Balaban J connectivity index is 1.60. The summed E-state index contributed by atoms with van der Waals surface area (Å²) in [6.45, 7) is 1.77. The van der Waals surface area contributed by atoms with Crippen molar-refractivity contribution < 1.29 is 18.9 Å². The van der Waals surface area contributed by atoms with Gasteiger partial charge < -0.3 is 24.7 Å². The van der Waals surface area contributed by atoms with Crippen LogP contribution in [0.15, 0.2) is 83.4 Å². The van der Waals surface area contributed by atoms with Gasteiger partial charge in [0, 0.05) is 30.4 Å². The minimum atomic E-state index is -0.482. The quantitative estimate of drug-likeness (QED) is 0.162. The van der Waals surface area contributed by atoms with E-state index in [0.29, 0.717) is 45.7 Å². The highest BCUT2D eigenvalue weighted by Crippen LogP contribution is 2.45. The SMILES string of the molecule is CCC(=O)Nc1ccc(N2C(=S)N[C@H](c3ccccn3)[C@H]2c2ccc(-c3ccccc3[N+](=O)[O-])o2)cc1OC. The molecule has 2 aromatic heterocycles. The predicted molar refractivity (Wildman–Crippen MR) is 151 cm³/mol. The third kappa shape index (κ3) is 5.04. The molecule has 10 nitrogen and oxygen atoms in total. The Morgan fingerprint density at radius 1 is 1.18 bits per heavy atom. The number of anilines is 2. The van der Waals surface area contributed by atoms with E-state index in [9.17, 15) is 14.9 Å². The maximum Gasteiger partial charge on any atom is 0.280 e. The van der Waals surface area contributed by atoms with Crippen LogP contribution < -0.4 is 20.3 Å². The van der Waals surface area contributed by atoms with Crippen LogP contribution in [0.5, 0.6) is 5.75 Å². The number of carbonyl (C=O) groups is 1.